The fourth-order valence-corrected chi connectivity index (χ4v) is 4.80. The average Bonchev–Trinajstić information content (AvgIpc) is 3.46. The number of rotatable bonds is 6. The normalized spacial score (nSPS) is 11.2. The number of hydrogen-bond acceptors (Lipinski definition) is 7. The standard InChI is InChI=1S/C25H20FN5O3S/c1-14-5-3-4-6-18(14)22-29-23(34-30-22)21-15(2)20-24(35-21)28-13-31(25(20)33)12-19(32)27-11-16-7-9-17(26)10-8-16/h3-10,13H,11-12H2,1-2H3,(H,27,32). The Morgan fingerprint density at radius 1 is 1.14 bits per heavy atom. The van der Waals surface area contributed by atoms with Gasteiger partial charge in [-0.3, -0.25) is 14.2 Å². The van der Waals surface area contributed by atoms with E-state index < -0.39 is 0 Å². The number of thiophene rings is 1. The van der Waals surface area contributed by atoms with Crippen molar-refractivity contribution < 1.29 is 13.7 Å². The van der Waals surface area contributed by atoms with Crippen molar-refractivity contribution in [2.75, 3.05) is 0 Å². The summed E-state index contributed by atoms with van der Waals surface area (Å²) in [4.78, 5) is 35.7. The fourth-order valence-electron chi connectivity index (χ4n) is 3.74. The van der Waals surface area contributed by atoms with Gasteiger partial charge in [0.25, 0.3) is 11.4 Å². The number of benzene rings is 2. The molecule has 10 heteroatoms. The number of carbonyl (C=O) groups is 1. The molecule has 0 unspecified atom stereocenters. The first-order valence-electron chi connectivity index (χ1n) is 10.8. The second kappa shape index (κ2) is 9.22. The lowest BCUT2D eigenvalue weighted by Gasteiger charge is -2.07. The lowest BCUT2D eigenvalue weighted by molar-refractivity contribution is -0.121. The molecule has 0 fully saturated rings. The van der Waals surface area contributed by atoms with Crippen molar-refractivity contribution >= 4 is 27.5 Å². The summed E-state index contributed by atoms with van der Waals surface area (Å²) in [5.74, 6) is 0.0822. The number of amides is 1. The molecule has 0 saturated carbocycles. The van der Waals surface area contributed by atoms with Gasteiger partial charge in [0.15, 0.2) is 0 Å². The topological polar surface area (TPSA) is 103 Å². The molecule has 3 heterocycles. The molecule has 2 aromatic carbocycles. The Morgan fingerprint density at radius 2 is 1.91 bits per heavy atom. The predicted molar refractivity (Wildman–Crippen MR) is 130 cm³/mol. The van der Waals surface area contributed by atoms with Gasteiger partial charge in [-0.15, -0.1) is 11.3 Å². The monoisotopic (exact) mass is 489 g/mol. The molecule has 0 bridgehead atoms. The van der Waals surface area contributed by atoms with Gasteiger partial charge in [-0.2, -0.15) is 4.98 Å². The Bertz CT molecular complexity index is 1600. The molecule has 1 N–H and O–H groups in total. The molecule has 3 aromatic heterocycles. The lowest BCUT2D eigenvalue weighted by Crippen LogP contribution is -2.32. The van der Waals surface area contributed by atoms with Crippen LogP contribution in [0.1, 0.15) is 16.7 Å². The first kappa shape index (κ1) is 22.6. The summed E-state index contributed by atoms with van der Waals surface area (Å²) in [6.45, 7) is 3.81. The van der Waals surface area contributed by atoms with Crippen LogP contribution in [0.2, 0.25) is 0 Å². The summed E-state index contributed by atoms with van der Waals surface area (Å²) >= 11 is 1.29. The summed E-state index contributed by atoms with van der Waals surface area (Å²) in [6.07, 6.45) is 1.36. The van der Waals surface area contributed by atoms with Crippen LogP contribution in [0, 0.1) is 19.7 Å². The van der Waals surface area contributed by atoms with Gasteiger partial charge < -0.3 is 9.84 Å². The van der Waals surface area contributed by atoms with Crippen LogP contribution in [-0.2, 0) is 17.9 Å². The van der Waals surface area contributed by atoms with E-state index in [1.165, 1.54) is 34.4 Å². The zero-order chi connectivity index (χ0) is 24.5. The van der Waals surface area contributed by atoms with Crippen molar-refractivity contribution in [3.8, 4) is 22.2 Å². The first-order valence-corrected chi connectivity index (χ1v) is 11.6. The minimum absolute atomic E-state index is 0.189. The fraction of sp³-hybridized carbons (Fsp3) is 0.160. The van der Waals surface area contributed by atoms with E-state index in [1.54, 1.807) is 19.1 Å². The zero-order valence-electron chi connectivity index (χ0n) is 18.9. The maximum atomic E-state index is 13.2. The van der Waals surface area contributed by atoms with Crippen LogP contribution in [0.4, 0.5) is 4.39 Å². The molecular weight excluding hydrogens is 469 g/mol. The minimum Gasteiger partial charge on any atom is -0.350 e. The third kappa shape index (κ3) is 4.47. The van der Waals surface area contributed by atoms with E-state index in [0.717, 1.165) is 16.7 Å². The first-order chi connectivity index (χ1) is 16.9. The quantitative estimate of drug-likeness (QED) is 0.383. The Morgan fingerprint density at radius 3 is 2.69 bits per heavy atom. The number of carbonyl (C=O) groups excluding carboxylic acids is 1. The number of hydrogen-bond donors (Lipinski definition) is 1. The second-order valence-corrected chi connectivity index (χ2v) is 9.05. The van der Waals surface area contributed by atoms with Crippen molar-refractivity contribution in [2.24, 2.45) is 0 Å². The third-order valence-corrected chi connectivity index (χ3v) is 6.83. The molecule has 5 rings (SSSR count). The van der Waals surface area contributed by atoms with Gasteiger partial charge in [-0.25, -0.2) is 9.37 Å². The Hall–Kier alpha value is -4.18. The molecule has 0 aliphatic rings. The third-order valence-electron chi connectivity index (χ3n) is 5.64. The van der Waals surface area contributed by atoms with Crippen LogP contribution in [0.25, 0.3) is 32.4 Å². The summed E-state index contributed by atoms with van der Waals surface area (Å²) < 4.78 is 19.8. The van der Waals surface area contributed by atoms with Crippen LogP contribution in [0.5, 0.6) is 0 Å². The van der Waals surface area contributed by atoms with Gasteiger partial charge in [0, 0.05) is 12.1 Å². The summed E-state index contributed by atoms with van der Waals surface area (Å²) in [6, 6.07) is 13.6. The molecule has 0 saturated heterocycles. The highest BCUT2D eigenvalue weighted by Gasteiger charge is 2.21. The molecule has 0 spiro atoms. The van der Waals surface area contributed by atoms with Gasteiger partial charge in [-0.1, -0.05) is 41.6 Å². The molecule has 5 aromatic rings. The highest BCUT2D eigenvalue weighted by Crippen LogP contribution is 2.35. The maximum absolute atomic E-state index is 13.2. The zero-order valence-corrected chi connectivity index (χ0v) is 19.7. The van der Waals surface area contributed by atoms with E-state index in [0.29, 0.717) is 32.4 Å². The summed E-state index contributed by atoms with van der Waals surface area (Å²) in [7, 11) is 0. The van der Waals surface area contributed by atoms with Gasteiger partial charge in [0.1, 0.15) is 17.2 Å². The summed E-state index contributed by atoms with van der Waals surface area (Å²) in [5.41, 5.74) is 2.99. The Labute approximate surface area is 203 Å². The van der Waals surface area contributed by atoms with Crippen molar-refractivity contribution in [2.45, 2.75) is 26.9 Å². The molecule has 176 valence electrons. The van der Waals surface area contributed by atoms with E-state index in [4.69, 9.17) is 4.52 Å². The van der Waals surface area contributed by atoms with Crippen LogP contribution >= 0.6 is 11.3 Å². The number of nitrogens with one attached hydrogen (secondary N) is 1. The van der Waals surface area contributed by atoms with E-state index in [2.05, 4.69) is 20.4 Å². The van der Waals surface area contributed by atoms with Crippen molar-refractivity contribution in [3.63, 3.8) is 0 Å². The van der Waals surface area contributed by atoms with E-state index >= 15 is 0 Å². The van der Waals surface area contributed by atoms with Gasteiger partial charge in [0.05, 0.1) is 16.6 Å². The van der Waals surface area contributed by atoms with Crippen LogP contribution in [-0.4, -0.2) is 25.6 Å². The van der Waals surface area contributed by atoms with Crippen molar-refractivity contribution in [3.05, 3.63) is 87.7 Å². The van der Waals surface area contributed by atoms with Gasteiger partial charge >= 0.3 is 0 Å². The Balaban J connectivity index is 1.39. The van der Waals surface area contributed by atoms with E-state index in [1.807, 2.05) is 31.2 Å². The molecule has 0 radical (unpaired) electrons. The molecule has 0 aliphatic heterocycles. The number of nitrogens with zero attached hydrogens (tertiary/aromatic N) is 4. The highest BCUT2D eigenvalue weighted by atomic mass is 32.1. The second-order valence-electron chi connectivity index (χ2n) is 8.06. The molecule has 0 atom stereocenters. The number of aryl methyl sites for hydroxylation is 2. The number of halogens is 1. The molecule has 1 amide bonds. The Kier molecular flexibility index (Phi) is 5.96. The van der Waals surface area contributed by atoms with Crippen LogP contribution < -0.4 is 10.9 Å². The van der Waals surface area contributed by atoms with E-state index in [9.17, 15) is 14.0 Å². The molecule has 35 heavy (non-hydrogen) atoms. The lowest BCUT2D eigenvalue weighted by atomic mass is 10.1. The van der Waals surface area contributed by atoms with Gasteiger partial charge in [0.2, 0.25) is 11.7 Å². The van der Waals surface area contributed by atoms with Crippen LogP contribution in [0.3, 0.4) is 0 Å². The SMILES string of the molecule is Cc1ccccc1-c1noc(-c2sc3ncn(CC(=O)NCc4ccc(F)cc4)c(=O)c3c2C)n1. The molecule has 0 aliphatic carbocycles. The van der Waals surface area contributed by atoms with E-state index in [-0.39, 0.29) is 30.4 Å². The largest absolute Gasteiger partial charge is 0.350 e. The molecule has 8 nitrogen and oxygen atoms in total. The number of aromatic nitrogens is 4. The average molecular weight is 490 g/mol. The maximum Gasteiger partial charge on any atom is 0.268 e. The minimum atomic E-state index is -0.356. The smallest absolute Gasteiger partial charge is 0.268 e. The van der Waals surface area contributed by atoms with Crippen molar-refractivity contribution in [1.82, 2.24) is 25.0 Å². The highest BCUT2D eigenvalue weighted by molar-refractivity contribution is 7.22. The van der Waals surface area contributed by atoms with Crippen LogP contribution in [0.15, 0.2) is 64.2 Å². The number of fused-ring (bicyclic) bond motifs is 1. The van der Waals surface area contributed by atoms with Gasteiger partial charge in [-0.05, 0) is 42.7 Å². The molecular formula is C25H20FN5O3S. The summed E-state index contributed by atoms with van der Waals surface area (Å²) in [5, 5.41) is 7.25. The van der Waals surface area contributed by atoms with Crippen molar-refractivity contribution in [1.29, 1.82) is 0 Å². The predicted octanol–water partition coefficient (Wildman–Crippen LogP) is 4.25.